The van der Waals surface area contributed by atoms with Gasteiger partial charge in [0, 0.05) is 33.2 Å². The van der Waals surface area contributed by atoms with Crippen LogP contribution >= 0.6 is 24.0 Å². The van der Waals surface area contributed by atoms with Gasteiger partial charge in [-0.15, -0.1) is 24.0 Å². The molecular formula is C16H33IN4O2. The highest BCUT2D eigenvalue weighted by Gasteiger charge is 2.16. The van der Waals surface area contributed by atoms with Gasteiger partial charge in [-0.1, -0.05) is 19.3 Å². The highest BCUT2D eigenvalue weighted by Crippen LogP contribution is 2.25. The van der Waals surface area contributed by atoms with Crippen molar-refractivity contribution in [1.82, 2.24) is 16.0 Å². The summed E-state index contributed by atoms with van der Waals surface area (Å²) >= 11 is 0. The first-order valence-corrected chi connectivity index (χ1v) is 8.54. The largest absolute Gasteiger partial charge is 0.383 e. The Bertz CT molecular complexity index is 334. The molecule has 0 aromatic heterocycles. The predicted octanol–water partition coefficient (Wildman–Crippen LogP) is 1.89. The molecule has 6 nitrogen and oxygen atoms in total. The first-order valence-electron chi connectivity index (χ1n) is 8.54. The molecule has 0 aliphatic heterocycles. The van der Waals surface area contributed by atoms with E-state index in [1.165, 1.54) is 32.1 Å². The minimum absolute atomic E-state index is 0. The summed E-state index contributed by atoms with van der Waals surface area (Å²) in [6.45, 7) is 5.37. The lowest BCUT2D eigenvalue weighted by molar-refractivity contribution is -0.122. The third-order valence-corrected chi connectivity index (χ3v) is 3.85. The maximum atomic E-state index is 11.9. The van der Waals surface area contributed by atoms with Crippen LogP contribution in [0, 0.1) is 5.92 Å². The van der Waals surface area contributed by atoms with Crippen molar-refractivity contribution in [3.63, 3.8) is 0 Å². The number of hydrogen-bond acceptors (Lipinski definition) is 3. The quantitative estimate of drug-likeness (QED) is 0.222. The molecule has 1 fully saturated rings. The summed E-state index contributed by atoms with van der Waals surface area (Å²) in [6, 6.07) is 0. The zero-order chi connectivity index (χ0) is 16.0. The molecule has 23 heavy (non-hydrogen) atoms. The highest BCUT2D eigenvalue weighted by molar-refractivity contribution is 14.0. The van der Waals surface area contributed by atoms with Gasteiger partial charge in [0.2, 0.25) is 5.91 Å². The van der Waals surface area contributed by atoms with Crippen LogP contribution in [0.3, 0.4) is 0 Å². The fourth-order valence-electron chi connectivity index (χ4n) is 2.70. The van der Waals surface area contributed by atoms with Crippen molar-refractivity contribution in [2.75, 3.05) is 39.9 Å². The second-order valence-electron chi connectivity index (χ2n) is 5.74. The normalized spacial score (nSPS) is 15.7. The first-order chi connectivity index (χ1) is 10.8. The molecule has 1 aliphatic carbocycles. The van der Waals surface area contributed by atoms with Gasteiger partial charge in [-0.2, -0.15) is 0 Å². The monoisotopic (exact) mass is 440 g/mol. The molecule has 1 aliphatic rings. The molecule has 0 heterocycles. The van der Waals surface area contributed by atoms with Crippen molar-refractivity contribution in [1.29, 1.82) is 0 Å². The fraction of sp³-hybridized carbons (Fsp3) is 0.875. The molecule has 136 valence electrons. The van der Waals surface area contributed by atoms with E-state index in [0.717, 1.165) is 12.5 Å². The maximum absolute atomic E-state index is 11.9. The lowest BCUT2D eigenvalue weighted by Crippen LogP contribution is -2.42. The molecule has 0 aromatic rings. The molecule has 0 bridgehead atoms. The summed E-state index contributed by atoms with van der Waals surface area (Å²) in [7, 11) is 1.66. The van der Waals surface area contributed by atoms with E-state index >= 15 is 0 Å². The van der Waals surface area contributed by atoms with E-state index in [1.54, 1.807) is 7.11 Å². The van der Waals surface area contributed by atoms with E-state index in [2.05, 4.69) is 20.9 Å². The Morgan fingerprint density at radius 1 is 1.13 bits per heavy atom. The van der Waals surface area contributed by atoms with Gasteiger partial charge in [0.15, 0.2) is 5.96 Å². The molecule has 1 amide bonds. The zero-order valence-electron chi connectivity index (χ0n) is 14.5. The third kappa shape index (κ3) is 11.6. The van der Waals surface area contributed by atoms with Gasteiger partial charge in [0.1, 0.15) is 0 Å². The molecule has 1 saturated carbocycles. The van der Waals surface area contributed by atoms with Crippen LogP contribution in [0.2, 0.25) is 0 Å². The summed E-state index contributed by atoms with van der Waals surface area (Å²) in [5.41, 5.74) is 0. The molecular weight excluding hydrogens is 407 g/mol. The van der Waals surface area contributed by atoms with Crippen molar-refractivity contribution in [3.8, 4) is 0 Å². The van der Waals surface area contributed by atoms with Crippen molar-refractivity contribution >= 4 is 35.8 Å². The molecule has 0 aromatic carbocycles. The smallest absolute Gasteiger partial charge is 0.220 e. The highest BCUT2D eigenvalue weighted by atomic mass is 127. The van der Waals surface area contributed by atoms with E-state index < -0.39 is 0 Å². The number of halogens is 1. The van der Waals surface area contributed by atoms with Crippen LogP contribution in [0.5, 0.6) is 0 Å². The van der Waals surface area contributed by atoms with Gasteiger partial charge in [0.25, 0.3) is 0 Å². The number of hydrogen-bond donors (Lipinski definition) is 3. The summed E-state index contributed by atoms with van der Waals surface area (Å²) in [4.78, 5) is 16.3. The molecule has 0 spiro atoms. The van der Waals surface area contributed by atoms with E-state index in [1.807, 2.05) is 6.92 Å². The van der Waals surface area contributed by atoms with E-state index in [-0.39, 0.29) is 29.9 Å². The minimum atomic E-state index is 0. The van der Waals surface area contributed by atoms with E-state index in [9.17, 15) is 4.79 Å². The van der Waals surface area contributed by atoms with Crippen LogP contribution in [0.25, 0.3) is 0 Å². The number of carbonyl (C=O) groups is 1. The summed E-state index contributed by atoms with van der Waals surface area (Å²) in [6.07, 6.45) is 7.00. The second-order valence-corrected chi connectivity index (χ2v) is 5.74. The maximum Gasteiger partial charge on any atom is 0.220 e. The third-order valence-electron chi connectivity index (χ3n) is 3.85. The second kappa shape index (κ2) is 15.0. The Hall–Kier alpha value is -0.570. The minimum Gasteiger partial charge on any atom is -0.383 e. The Morgan fingerprint density at radius 3 is 2.48 bits per heavy atom. The number of amides is 1. The van der Waals surface area contributed by atoms with Gasteiger partial charge < -0.3 is 20.7 Å². The van der Waals surface area contributed by atoms with Crippen LogP contribution in [0.15, 0.2) is 4.99 Å². The number of guanidine groups is 1. The van der Waals surface area contributed by atoms with Crippen LogP contribution in [0.1, 0.15) is 45.4 Å². The molecule has 0 unspecified atom stereocenters. The van der Waals surface area contributed by atoms with E-state index in [0.29, 0.717) is 38.6 Å². The Morgan fingerprint density at radius 2 is 1.83 bits per heavy atom. The fourth-order valence-corrected chi connectivity index (χ4v) is 2.70. The standard InChI is InChI=1S/C16H32N4O2.HI/c1-3-17-16(20-11-12-22-2)19-10-9-18-15(21)13-14-7-5-4-6-8-14;/h14H,3-13H2,1-2H3,(H,18,21)(H2,17,19,20);1H. The molecule has 3 N–H and O–H groups in total. The molecule has 0 atom stereocenters. The van der Waals surface area contributed by atoms with Crippen LogP contribution < -0.4 is 16.0 Å². The Labute approximate surface area is 157 Å². The summed E-state index contributed by atoms with van der Waals surface area (Å²) in [5, 5.41) is 9.36. The first kappa shape index (κ1) is 22.4. The number of methoxy groups -OCH3 is 1. The van der Waals surface area contributed by atoms with Gasteiger partial charge in [0.05, 0.1) is 13.2 Å². The number of aliphatic imine (C=N–C) groups is 1. The number of ether oxygens (including phenoxy) is 1. The predicted molar refractivity (Wildman–Crippen MR) is 105 cm³/mol. The number of rotatable bonds is 9. The number of nitrogens with one attached hydrogen (secondary N) is 3. The van der Waals surface area contributed by atoms with Gasteiger partial charge in [-0.05, 0) is 25.7 Å². The topological polar surface area (TPSA) is 74.8 Å². The summed E-state index contributed by atoms with van der Waals surface area (Å²) in [5.74, 6) is 1.53. The van der Waals surface area contributed by atoms with Gasteiger partial charge >= 0.3 is 0 Å². The van der Waals surface area contributed by atoms with Crippen LogP contribution in [-0.2, 0) is 9.53 Å². The molecule has 1 rings (SSSR count). The van der Waals surface area contributed by atoms with Crippen molar-refractivity contribution in [3.05, 3.63) is 0 Å². The van der Waals surface area contributed by atoms with Crippen LogP contribution in [-0.4, -0.2) is 51.8 Å². The van der Waals surface area contributed by atoms with Crippen molar-refractivity contribution in [2.45, 2.75) is 45.4 Å². The SMILES string of the molecule is CCNC(=NCCOC)NCCNC(=O)CC1CCCCC1.I. The Kier molecular flexibility index (Phi) is 14.6. The average Bonchev–Trinajstić information content (AvgIpc) is 2.52. The lowest BCUT2D eigenvalue weighted by Gasteiger charge is -2.20. The molecule has 0 saturated heterocycles. The summed E-state index contributed by atoms with van der Waals surface area (Å²) < 4.78 is 4.98. The van der Waals surface area contributed by atoms with Crippen LogP contribution in [0.4, 0.5) is 0 Å². The van der Waals surface area contributed by atoms with Crippen molar-refractivity contribution in [2.24, 2.45) is 10.9 Å². The average molecular weight is 440 g/mol. The zero-order valence-corrected chi connectivity index (χ0v) is 16.9. The number of carbonyl (C=O) groups excluding carboxylic acids is 1. The van der Waals surface area contributed by atoms with E-state index in [4.69, 9.17) is 4.74 Å². The lowest BCUT2D eigenvalue weighted by atomic mass is 9.87. The molecule has 7 heteroatoms. The van der Waals surface area contributed by atoms with Crippen molar-refractivity contribution < 1.29 is 9.53 Å². The Balaban J connectivity index is 0.00000484. The molecule has 0 radical (unpaired) electrons. The van der Waals surface area contributed by atoms with Gasteiger partial charge in [-0.25, -0.2) is 0 Å². The van der Waals surface area contributed by atoms with Gasteiger partial charge in [-0.3, -0.25) is 9.79 Å². The number of nitrogens with zero attached hydrogens (tertiary/aromatic N) is 1.